The average molecular weight is 233 g/mol. The van der Waals surface area contributed by atoms with Gasteiger partial charge in [-0.15, -0.1) is 0 Å². The van der Waals surface area contributed by atoms with Crippen molar-refractivity contribution in [1.29, 1.82) is 0 Å². The van der Waals surface area contributed by atoms with Crippen LogP contribution in [0.15, 0.2) is 28.6 Å². The van der Waals surface area contributed by atoms with E-state index in [9.17, 15) is 9.59 Å². The molecule has 2 rings (SSSR count). The Morgan fingerprint density at radius 2 is 2.24 bits per heavy atom. The lowest BCUT2D eigenvalue weighted by Crippen LogP contribution is -2.23. The second-order valence-corrected chi connectivity index (χ2v) is 4.41. The lowest BCUT2D eigenvalue weighted by Gasteiger charge is -2.11. The van der Waals surface area contributed by atoms with Crippen LogP contribution in [0.25, 0.3) is 0 Å². The summed E-state index contributed by atoms with van der Waals surface area (Å²) in [5.41, 5.74) is 2.91. The maximum absolute atomic E-state index is 11.8. The Morgan fingerprint density at radius 1 is 1.47 bits per heavy atom. The number of aryl methyl sites for hydroxylation is 1. The van der Waals surface area contributed by atoms with Crippen LogP contribution in [0.4, 0.5) is 0 Å². The van der Waals surface area contributed by atoms with Gasteiger partial charge < -0.3 is 9.67 Å². The number of aromatic nitrogens is 1. The highest BCUT2D eigenvalue weighted by Crippen LogP contribution is 2.20. The fourth-order valence-electron chi connectivity index (χ4n) is 2.31. The normalized spacial score (nSPS) is 14.8. The van der Waals surface area contributed by atoms with Gasteiger partial charge in [-0.2, -0.15) is 0 Å². The first-order valence-electron chi connectivity index (χ1n) is 5.69. The minimum atomic E-state index is -0.969. The molecule has 0 saturated heterocycles. The van der Waals surface area contributed by atoms with Crippen LogP contribution < -0.4 is 5.56 Å². The Balaban J connectivity index is 2.36. The van der Waals surface area contributed by atoms with E-state index < -0.39 is 5.97 Å². The number of hydrogen-bond donors (Lipinski definition) is 1. The molecule has 0 unspecified atom stereocenters. The number of nitrogens with zero attached hydrogens (tertiary/aromatic N) is 1. The Labute approximate surface area is 99.2 Å². The molecule has 0 fully saturated rings. The third-order valence-electron chi connectivity index (χ3n) is 3.03. The lowest BCUT2D eigenvalue weighted by atomic mass is 10.2. The minimum Gasteiger partial charge on any atom is -0.478 e. The molecule has 0 amide bonds. The van der Waals surface area contributed by atoms with E-state index in [2.05, 4.69) is 0 Å². The fraction of sp³-hybridized carbons (Fsp3) is 0.385. The highest BCUT2D eigenvalue weighted by atomic mass is 16.4. The molecule has 1 aliphatic carbocycles. The minimum absolute atomic E-state index is 0.0520. The number of hydrogen-bond acceptors (Lipinski definition) is 2. The van der Waals surface area contributed by atoms with E-state index in [4.69, 9.17) is 5.11 Å². The molecular formula is C13H15NO3. The molecule has 0 spiro atoms. The lowest BCUT2D eigenvalue weighted by molar-refractivity contribution is -0.131. The highest BCUT2D eigenvalue weighted by Gasteiger charge is 2.15. The Morgan fingerprint density at radius 3 is 2.94 bits per heavy atom. The zero-order valence-corrected chi connectivity index (χ0v) is 9.77. The Kier molecular flexibility index (Phi) is 3.13. The van der Waals surface area contributed by atoms with E-state index in [-0.39, 0.29) is 5.56 Å². The van der Waals surface area contributed by atoms with Gasteiger partial charge in [-0.25, -0.2) is 4.79 Å². The molecule has 0 saturated carbocycles. The second kappa shape index (κ2) is 4.57. The molecule has 1 aromatic heterocycles. The van der Waals surface area contributed by atoms with E-state index in [1.165, 1.54) is 5.56 Å². The molecule has 4 heteroatoms. The number of aliphatic carboxylic acids is 1. The van der Waals surface area contributed by atoms with Gasteiger partial charge in [0, 0.05) is 24.4 Å². The molecule has 90 valence electrons. The predicted octanol–water partition coefficient (Wildman–Crippen LogP) is 1.37. The summed E-state index contributed by atoms with van der Waals surface area (Å²) < 4.78 is 1.69. The number of allylic oxidation sites excluding steroid dienone is 1. The number of carboxylic acid groups (broad SMARTS) is 1. The number of carboxylic acids is 1. The molecule has 1 aliphatic rings. The number of carbonyl (C=O) groups is 1. The van der Waals surface area contributed by atoms with Gasteiger partial charge >= 0.3 is 5.97 Å². The van der Waals surface area contributed by atoms with Crippen LogP contribution in [0, 0.1) is 0 Å². The molecule has 17 heavy (non-hydrogen) atoms. The quantitative estimate of drug-likeness (QED) is 0.802. The van der Waals surface area contributed by atoms with Crippen LogP contribution in [-0.4, -0.2) is 15.6 Å². The van der Waals surface area contributed by atoms with Crippen LogP contribution in [0.3, 0.4) is 0 Å². The van der Waals surface area contributed by atoms with Gasteiger partial charge in [0.2, 0.25) is 0 Å². The first-order valence-corrected chi connectivity index (χ1v) is 5.69. The fourth-order valence-corrected chi connectivity index (χ4v) is 2.31. The summed E-state index contributed by atoms with van der Waals surface area (Å²) in [4.78, 5) is 22.3. The van der Waals surface area contributed by atoms with E-state index in [0.29, 0.717) is 12.1 Å². The van der Waals surface area contributed by atoms with Crippen molar-refractivity contribution in [3.05, 3.63) is 45.4 Å². The standard InChI is InChI=1S/C13H15NO3/c1-9(7-13(16)17)8-14-11-4-2-3-10(11)5-6-12(14)15/h5-7H,2-4,8H2,1H3,(H,16,17)/b9-7-. The molecule has 1 aromatic rings. The monoisotopic (exact) mass is 233 g/mol. The van der Waals surface area contributed by atoms with Crippen LogP contribution in [0.2, 0.25) is 0 Å². The van der Waals surface area contributed by atoms with Crippen LogP contribution >= 0.6 is 0 Å². The van der Waals surface area contributed by atoms with Crippen molar-refractivity contribution in [2.45, 2.75) is 32.7 Å². The molecule has 0 bridgehead atoms. The van der Waals surface area contributed by atoms with Crippen molar-refractivity contribution >= 4 is 5.97 Å². The zero-order chi connectivity index (χ0) is 12.4. The molecule has 4 nitrogen and oxygen atoms in total. The average Bonchev–Trinajstić information content (AvgIpc) is 2.69. The number of fused-ring (bicyclic) bond motifs is 1. The maximum Gasteiger partial charge on any atom is 0.328 e. The number of pyridine rings is 1. The summed E-state index contributed by atoms with van der Waals surface area (Å²) in [6, 6.07) is 3.45. The van der Waals surface area contributed by atoms with Crippen molar-refractivity contribution in [2.75, 3.05) is 0 Å². The van der Waals surface area contributed by atoms with Crippen LogP contribution in [0.1, 0.15) is 24.6 Å². The van der Waals surface area contributed by atoms with E-state index in [1.54, 1.807) is 17.6 Å². The summed E-state index contributed by atoms with van der Waals surface area (Å²) in [7, 11) is 0. The van der Waals surface area contributed by atoms with Crippen LogP contribution in [-0.2, 0) is 24.2 Å². The van der Waals surface area contributed by atoms with Gasteiger partial charge in [-0.3, -0.25) is 4.79 Å². The molecule has 0 radical (unpaired) electrons. The third kappa shape index (κ3) is 2.46. The molecule has 1 N–H and O–H groups in total. The van der Waals surface area contributed by atoms with Crippen molar-refractivity contribution < 1.29 is 9.90 Å². The van der Waals surface area contributed by atoms with Crippen molar-refractivity contribution in [1.82, 2.24) is 4.57 Å². The van der Waals surface area contributed by atoms with Gasteiger partial charge in [-0.1, -0.05) is 6.07 Å². The van der Waals surface area contributed by atoms with E-state index in [1.807, 2.05) is 6.07 Å². The maximum atomic E-state index is 11.8. The highest BCUT2D eigenvalue weighted by molar-refractivity contribution is 5.80. The van der Waals surface area contributed by atoms with Crippen molar-refractivity contribution in [3.8, 4) is 0 Å². The van der Waals surface area contributed by atoms with Gasteiger partial charge in [0.25, 0.3) is 5.56 Å². The molecule has 0 aliphatic heterocycles. The van der Waals surface area contributed by atoms with Crippen LogP contribution in [0.5, 0.6) is 0 Å². The predicted molar refractivity (Wildman–Crippen MR) is 64.1 cm³/mol. The summed E-state index contributed by atoms with van der Waals surface area (Å²) in [5, 5.41) is 8.66. The summed E-state index contributed by atoms with van der Waals surface area (Å²) >= 11 is 0. The van der Waals surface area contributed by atoms with E-state index >= 15 is 0 Å². The topological polar surface area (TPSA) is 59.3 Å². The summed E-state index contributed by atoms with van der Waals surface area (Å²) in [6.07, 6.45) is 4.14. The summed E-state index contributed by atoms with van der Waals surface area (Å²) in [5.74, 6) is -0.969. The summed E-state index contributed by atoms with van der Waals surface area (Å²) in [6.45, 7) is 2.10. The van der Waals surface area contributed by atoms with Crippen molar-refractivity contribution in [3.63, 3.8) is 0 Å². The molecule has 0 atom stereocenters. The van der Waals surface area contributed by atoms with E-state index in [0.717, 1.165) is 31.0 Å². The smallest absolute Gasteiger partial charge is 0.328 e. The van der Waals surface area contributed by atoms with Gasteiger partial charge in [-0.05, 0) is 37.3 Å². The first-order chi connectivity index (χ1) is 8.08. The van der Waals surface area contributed by atoms with Gasteiger partial charge in [0.1, 0.15) is 0 Å². The van der Waals surface area contributed by atoms with Crippen molar-refractivity contribution in [2.24, 2.45) is 0 Å². The largest absolute Gasteiger partial charge is 0.478 e. The SMILES string of the molecule is C/C(=C/C(=O)O)Cn1c2c(ccc1=O)CCC2. The third-order valence-corrected chi connectivity index (χ3v) is 3.03. The molecular weight excluding hydrogens is 218 g/mol. The van der Waals surface area contributed by atoms with Gasteiger partial charge in [0.15, 0.2) is 0 Å². The first kappa shape index (κ1) is 11.6. The Bertz CT molecular complexity index is 540. The molecule has 1 heterocycles. The Hall–Kier alpha value is -1.84. The second-order valence-electron chi connectivity index (χ2n) is 4.41. The zero-order valence-electron chi connectivity index (χ0n) is 9.77. The van der Waals surface area contributed by atoms with Gasteiger partial charge in [0.05, 0.1) is 0 Å². The molecule has 0 aromatic carbocycles. The number of rotatable bonds is 3.